The Bertz CT molecular complexity index is 809. The molecule has 29 heavy (non-hydrogen) atoms. The molecule has 0 aromatic carbocycles. The van der Waals surface area contributed by atoms with Crippen molar-refractivity contribution in [1.82, 2.24) is 20.1 Å². The van der Waals surface area contributed by atoms with E-state index >= 15 is 0 Å². The lowest BCUT2D eigenvalue weighted by molar-refractivity contribution is -0.136. The summed E-state index contributed by atoms with van der Waals surface area (Å²) in [4.78, 5) is 35.6. The number of likely N-dealkylation sites (tertiary alicyclic amines) is 1. The number of pyridine rings is 1. The topological polar surface area (TPSA) is 92.6 Å². The molecule has 0 aliphatic carbocycles. The summed E-state index contributed by atoms with van der Waals surface area (Å²) in [6, 6.07) is 6.19. The van der Waals surface area contributed by atoms with E-state index in [0.717, 1.165) is 44.7 Å². The van der Waals surface area contributed by atoms with Gasteiger partial charge in [-0.15, -0.1) is 0 Å². The number of nitrogens with one attached hydrogen (secondary N) is 1. The average molecular weight is 396 g/mol. The summed E-state index contributed by atoms with van der Waals surface area (Å²) in [6.45, 7) is 6.84. The number of urea groups is 1. The zero-order valence-corrected chi connectivity index (χ0v) is 17.0. The fourth-order valence-corrected chi connectivity index (χ4v) is 4.81. The highest BCUT2D eigenvalue weighted by atomic mass is 16.2. The van der Waals surface area contributed by atoms with Crippen molar-refractivity contribution in [2.24, 2.45) is 5.92 Å². The molecule has 4 heterocycles. The molecule has 3 saturated heterocycles. The van der Waals surface area contributed by atoms with Crippen molar-refractivity contribution in [2.45, 2.75) is 51.2 Å². The van der Waals surface area contributed by atoms with Crippen LogP contribution in [0.5, 0.6) is 0 Å². The van der Waals surface area contributed by atoms with Gasteiger partial charge in [-0.05, 0) is 31.4 Å². The van der Waals surface area contributed by atoms with Gasteiger partial charge < -0.3 is 20.0 Å². The first-order valence-electron chi connectivity index (χ1n) is 10.5. The van der Waals surface area contributed by atoms with Gasteiger partial charge in [0.25, 0.3) is 0 Å². The third-order valence-corrected chi connectivity index (χ3v) is 6.34. The molecule has 3 aliphatic heterocycles. The molecule has 154 valence electrons. The predicted octanol–water partition coefficient (Wildman–Crippen LogP) is 1.57. The molecule has 1 aromatic heterocycles. The molecule has 3 amide bonds. The summed E-state index contributed by atoms with van der Waals surface area (Å²) < 4.78 is 0. The van der Waals surface area contributed by atoms with Gasteiger partial charge in [0.1, 0.15) is 11.9 Å². The Morgan fingerprint density at radius 2 is 2.00 bits per heavy atom. The molecule has 8 nitrogen and oxygen atoms in total. The highest BCUT2D eigenvalue weighted by molar-refractivity contribution is 5.80. The molecule has 3 fully saturated rings. The van der Waals surface area contributed by atoms with Gasteiger partial charge in [0.05, 0.1) is 17.6 Å². The van der Waals surface area contributed by atoms with E-state index in [4.69, 9.17) is 5.26 Å². The molecule has 0 bridgehead atoms. The summed E-state index contributed by atoms with van der Waals surface area (Å²) in [5.41, 5.74) is 0.561. The van der Waals surface area contributed by atoms with Gasteiger partial charge in [-0.3, -0.25) is 4.79 Å². The fourth-order valence-electron chi connectivity index (χ4n) is 4.81. The van der Waals surface area contributed by atoms with Crippen LogP contribution in [0.3, 0.4) is 0 Å². The van der Waals surface area contributed by atoms with E-state index < -0.39 is 0 Å². The molecule has 4 rings (SSSR count). The Kier molecular flexibility index (Phi) is 5.31. The van der Waals surface area contributed by atoms with Crippen LogP contribution >= 0.6 is 0 Å². The van der Waals surface area contributed by atoms with E-state index in [-0.39, 0.29) is 36.0 Å². The third kappa shape index (κ3) is 3.74. The van der Waals surface area contributed by atoms with E-state index in [0.29, 0.717) is 12.1 Å². The molecule has 0 spiro atoms. The maximum Gasteiger partial charge on any atom is 0.318 e. The number of nitrogens with zero attached hydrogens (tertiary/aromatic N) is 5. The van der Waals surface area contributed by atoms with Crippen molar-refractivity contribution in [3.8, 4) is 6.07 Å². The number of nitriles is 1. The number of fused-ring (bicyclic) bond motifs is 1. The average Bonchev–Trinajstić information content (AvgIpc) is 3.08. The predicted molar refractivity (Wildman–Crippen MR) is 108 cm³/mol. The van der Waals surface area contributed by atoms with Gasteiger partial charge in [0, 0.05) is 44.3 Å². The minimum Gasteiger partial charge on any atom is -0.356 e. The van der Waals surface area contributed by atoms with Crippen LogP contribution in [0, 0.1) is 17.2 Å². The summed E-state index contributed by atoms with van der Waals surface area (Å²) in [5.74, 6) is 1.03. The molecular weight excluding hydrogens is 368 g/mol. The second kappa shape index (κ2) is 7.90. The van der Waals surface area contributed by atoms with Crippen molar-refractivity contribution in [3.63, 3.8) is 0 Å². The van der Waals surface area contributed by atoms with Crippen LogP contribution in [0.1, 0.15) is 38.7 Å². The van der Waals surface area contributed by atoms with Crippen LogP contribution in [0.4, 0.5) is 10.6 Å². The lowest BCUT2D eigenvalue weighted by Gasteiger charge is -2.42. The van der Waals surface area contributed by atoms with Crippen LogP contribution in [0.2, 0.25) is 0 Å². The Hall–Kier alpha value is -2.82. The van der Waals surface area contributed by atoms with Gasteiger partial charge in [-0.25, -0.2) is 9.78 Å². The van der Waals surface area contributed by atoms with Crippen LogP contribution in [0.25, 0.3) is 0 Å². The number of aromatic nitrogens is 1. The van der Waals surface area contributed by atoms with E-state index in [1.54, 1.807) is 12.3 Å². The van der Waals surface area contributed by atoms with Crippen LogP contribution in [-0.4, -0.2) is 71.0 Å². The Labute approximate surface area is 171 Å². The summed E-state index contributed by atoms with van der Waals surface area (Å²) in [6.07, 6.45) is 4.23. The summed E-state index contributed by atoms with van der Waals surface area (Å²) in [5, 5.41) is 12.0. The lowest BCUT2D eigenvalue weighted by atomic mass is 9.95. The van der Waals surface area contributed by atoms with Gasteiger partial charge >= 0.3 is 6.03 Å². The molecule has 1 N–H and O–H groups in total. The number of hydrogen-bond donors (Lipinski definition) is 1. The smallest absolute Gasteiger partial charge is 0.318 e. The molecule has 2 unspecified atom stereocenters. The monoisotopic (exact) mass is 396 g/mol. The number of carbonyl (C=O) groups excluding carboxylic acids is 2. The highest BCUT2D eigenvalue weighted by Gasteiger charge is 2.46. The number of piperidine rings is 2. The van der Waals surface area contributed by atoms with E-state index in [2.05, 4.69) is 21.3 Å². The normalized spacial score (nSPS) is 25.0. The highest BCUT2D eigenvalue weighted by Crippen LogP contribution is 2.30. The van der Waals surface area contributed by atoms with E-state index in [1.165, 1.54) is 0 Å². The molecule has 0 saturated carbocycles. The molecular formula is C21H28N6O2. The molecule has 3 aliphatic rings. The van der Waals surface area contributed by atoms with Gasteiger partial charge in [0.15, 0.2) is 0 Å². The minimum atomic E-state index is -0.0140. The zero-order chi connectivity index (χ0) is 20.5. The second-order valence-corrected chi connectivity index (χ2v) is 8.49. The summed E-state index contributed by atoms with van der Waals surface area (Å²) >= 11 is 0. The first kappa shape index (κ1) is 19.5. The number of hydrogen-bond acceptors (Lipinski definition) is 5. The quantitative estimate of drug-likeness (QED) is 0.837. The third-order valence-electron chi connectivity index (χ3n) is 6.34. The maximum absolute atomic E-state index is 12.7. The molecule has 8 heteroatoms. The van der Waals surface area contributed by atoms with Gasteiger partial charge in [0.2, 0.25) is 5.91 Å². The van der Waals surface area contributed by atoms with Crippen molar-refractivity contribution >= 4 is 17.8 Å². The summed E-state index contributed by atoms with van der Waals surface area (Å²) in [7, 11) is 0. The van der Waals surface area contributed by atoms with Crippen molar-refractivity contribution in [2.75, 3.05) is 31.1 Å². The molecule has 2 atom stereocenters. The zero-order valence-electron chi connectivity index (χ0n) is 17.0. The Morgan fingerprint density at radius 3 is 2.62 bits per heavy atom. The second-order valence-electron chi connectivity index (χ2n) is 8.49. The largest absolute Gasteiger partial charge is 0.356 e. The van der Waals surface area contributed by atoms with Crippen LogP contribution < -0.4 is 10.2 Å². The standard InChI is InChI=1S/C21H28N6O2/c1-14(2)20(28)26-10-7-18-17(13-26)24-21(29)27(18)16-5-8-25(9-6-16)19-4-3-15(11-22)12-23-19/h3-4,12,14,16-18H,5-10,13H2,1-2H3,(H,24,29). The van der Waals surface area contributed by atoms with E-state index in [1.807, 2.05) is 29.7 Å². The first-order valence-corrected chi connectivity index (χ1v) is 10.5. The van der Waals surface area contributed by atoms with E-state index in [9.17, 15) is 9.59 Å². The van der Waals surface area contributed by atoms with Gasteiger partial charge in [-0.1, -0.05) is 13.8 Å². The number of carbonyl (C=O) groups is 2. The number of anilines is 1. The maximum atomic E-state index is 12.7. The Morgan fingerprint density at radius 1 is 1.24 bits per heavy atom. The molecule has 1 aromatic rings. The molecule has 0 radical (unpaired) electrons. The van der Waals surface area contributed by atoms with Crippen LogP contribution in [-0.2, 0) is 4.79 Å². The van der Waals surface area contributed by atoms with Gasteiger partial charge in [-0.2, -0.15) is 5.26 Å². The number of rotatable bonds is 3. The first-order chi connectivity index (χ1) is 14.0. The number of amides is 3. The minimum absolute atomic E-state index is 0.00814. The Balaban J connectivity index is 1.37. The SMILES string of the molecule is CC(C)C(=O)N1CCC2C(C1)NC(=O)N2C1CCN(c2ccc(C#N)cn2)CC1. The lowest BCUT2D eigenvalue weighted by Crippen LogP contribution is -2.56. The van der Waals surface area contributed by atoms with Crippen molar-refractivity contribution in [3.05, 3.63) is 23.9 Å². The van der Waals surface area contributed by atoms with Crippen LogP contribution in [0.15, 0.2) is 18.3 Å². The van der Waals surface area contributed by atoms with Crippen molar-refractivity contribution < 1.29 is 9.59 Å². The van der Waals surface area contributed by atoms with Crippen molar-refractivity contribution in [1.29, 1.82) is 5.26 Å². The fraction of sp³-hybridized carbons (Fsp3) is 0.619.